The van der Waals surface area contributed by atoms with Gasteiger partial charge in [-0.05, 0) is 57.8 Å². The Kier molecular flexibility index (Phi) is 78.8. The number of unbranched alkanes of at least 4 members (excludes halogenated alkanes) is 64. The molecule has 0 aromatic rings. The Balaban J connectivity index is 3.34. The van der Waals surface area contributed by atoms with Gasteiger partial charge in [-0.2, -0.15) is 0 Å². The third-order valence-electron chi connectivity index (χ3n) is 19.7. The highest BCUT2D eigenvalue weighted by Gasteiger charge is 2.18. The number of esters is 1. The summed E-state index contributed by atoms with van der Waals surface area (Å²) in [6.07, 6.45) is 106. The van der Waals surface area contributed by atoms with E-state index < -0.39 is 12.1 Å². The first kappa shape index (κ1) is 89.1. The molecule has 0 aromatic heterocycles. The van der Waals surface area contributed by atoms with E-state index in [0.717, 1.165) is 51.4 Å². The molecule has 0 bridgehead atoms. The Morgan fingerprint density at radius 1 is 0.308 bits per heavy atom. The summed E-state index contributed by atoms with van der Waals surface area (Å²) in [6.45, 7) is 4.91. The van der Waals surface area contributed by atoms with Crippen molar-refractivity contribution in [3.8, 4) is 0 Å². The van der Waals surface area contributed by atoms with Crippen molar-refractivity contribution < 1.29 is 24.5 Å². The predicted molar refractivity (Wildman–Crippen MR) is 403 cm³/mol. The lowest BCUT2D eigenvalue weighted by molar-refractivity contribution is -0.143. The largest absolute Gasteiger partial charge is 0.466 e. The van der Waals surface area contributed by atoms with Crippen LogP contribution in [0.4, 0.5) is 0 Å². The van der Waals surface area contributed by atoms with E-state index in [1.165, 1.54) is 392 Å². The van der Waals surface area contributed by atoms with E-state index in [2.05, 4.69) is 43.5 Å². The van der Waals surface area contributed by atoms with Crippen LogP contribution in [0.25, 0.3) is 0 Å². The maximum absolute atomic E-state index is 12.6. The van der Waals surface area contributed by atoms with Crippen LogP contribution in [0.5, 0.6) is 0 Å². The minimum atomic E-state index is -0.843. The number of rotatable bonds is 79. The van der Waals surface area contributed by atoms with E-state index in [9.17, 15) is 19.8 Å². The van der Waals surface area contributed by atoms with Gasteiger partial charge in [-0.3, -0.25) is 9.59 Å². The highest BCUT2D eigenvalue weighted by atomic mass is 16.5. The van der Waals surface area contributed by atoms with Gasteiger partial charge in [-0.1, -0.05) is 436 Å². The molecule has 0 rings (SSSR count). The third-order valence-corrected chi connectivity index (χ3v) is 19.7. The molecule has 0 heterocycles. The fourth-order valence-corrected chi connectivity index (χ4v) is 13.3. The van der Waals surface area contributed by atoms with Gasteiger partial charge in [0.05, 0.1) is 25.4 Å². The van der Waals surface area contributed by atoms with Gasteiger partial charge in [-0.25, -0.2) is 0 Å². The molecule has 0 fully saturated rings. The lowest BCUT2D eigenvalue weighted by Crippen LogP contribution is -2.45. The number of hydrogen-bond acceptors (Lipinski definition) is 5. The number of carbonyl (C=O) groups excluding carboxylic acids is 2. The molecule has 2 atom stereocenters. The molecule has 0 radical (unpaired) electrons. The smallest absolute Gasteiger partial charge is 0.305 e. The summed E-state index contributed by atoms with van der Waals surface area (Å²) in [6, 6.07) is -0.626. The van der Waals surface area contributed by atoms with Gasteiger partial charge >= 0.3 is 5.97 Å². The zero-order chi connectivity index (χ0) is 65.6. The SMILES string of the molecule is CCCC/C=C\C/C=C\CCCCCCCC(=O)OCCCCCCCCCCCCCCCCCCCCCCCCCCCCCCCCCCCCCC(=O)NC(CO)C(O)/C=C/CCCCCCCCCCCCCCCCCCCCCCCCC. The van der Waals surface area contributed by atoms with Crippen molar-refractivity contribution >= 4 is 11.9 Å². The number of aliphatic hydroxyl groups is 2. The van der Waals surface area contributed by atoms with Gasteiger partial charge in [0.25, 0.3) is 0 Å². The number of amides is 1. The van der Waals surface area contributed by atoms with Crippen molar-refractivity contribution in [1.82, 2.24) is 5.32 Å². The van der Waals surface area contributed by atoms with Crippen LogP contribution in [-0.4, -0.2) is 47.4 Å². The van der Waals surface area contributed by atoms with Crippen LogP contribution < -0.4 is 5.32 Å². The predicted octanol–water partition coefficient (Wildman–Crippen LogP) is 27.8. The van der Waals surface area contributed by atoms with Crippen LogP contribution in [0.15, 0.2) is 36.5 Å². The van der Waals surface area contributed by atoms with Crippen molar-refractivity contribution in [2.45, 2.75) is 482 Å². The van der Waals surface area contributed by atoms with E-state index in [1.807, 2.05) is 6.08 Å². The van der Waals surface area contributed by atoms with Crippen LogP contribution in [0.3, 0.4) is 0 Å². The summed E-state index contributed by atoms with van der Waals surface area (Å²) in [5.41, 5.74) is 0. The number of hydrogen-bond donors (Lipinski definition) is 3. The van der Waals surface area contributed by atoms with Crippen molar-refractivity contribution in [2.75, 3.05) is 13.2 Å². The van der Waals surface area contributed by atoms with E-state index in [0.29, 0.717) is 19.4 Å². The number of nitrogens with one attached hydrogen (secondary N) is 1. The van der Waals surface area contributed by atoms with Crippen LogP contribution in [0.2, 0.25) is 0 Å². The molecular weight excluding hydrogens is 1110 g/mol. The van der Waals surface area contributed by atoms with Gasteiger partial charge in [0.2, 0.25) is 5.91 Å². The summed E-state index contributed by atoms with van der Waals surface area (Å²) in [5, 5.41) is 23.3. The lowest BCUT2D eigenvalue weighted by Gasteiger charge is -2.20. The van der Waals surface area contributed by atoms with Gasteiger partial charge in [-0.15, -0.1) is 0 Å². The Morgan fingerprint density at radius 2 is 0.560 bits per heavy atom. The first-order valence-electron chi connectivity index (χ1n) is 41.8. The molecule has 0 aliphatic rings. The van der Waals surface area contributed by atoms with Gasteiger partial charge in [0.15, 0.2) is 0 Å². The molecule has 1 amide bonds. The van der Waals surface area contributed by atoms with Gasteiger partial charge < -0.3 is 20.3 Å². The molecule has 0 aliphatic carbocycles. The van der Waals surface area contributed by atoms with Crippen LogP contribution in [0.1, 0.15) is 470 Å². The van der Waals surface area contributed by atoms with Crippen molar-refractivity contribution in [2.24, 2.45) is 0 Å². The first-order chi connectivity index (χ1) is 45.0. The summed E-state index contributed by atoms with van der Waals surface area (Å²) in [7, 11) is 0. The number of aliphatic hydroxyl groups excluding tert-OH is 2. The van der Waals surface area contributed by atoms with E-state index >= 15 is 0 Å². The topological polar surface area (TPSA) is 95.9 Å². The molecule has 0 aliphatic heterocycles. The van der Waals surface area contributed by atoms with Crippen molar-refractivity contribution in [3.05, 3.63) is 36.5 Å². The van der Waals surface area contributed by atoms with Gasteiger partial charge in [0, 0.05) is 12.8 Å². The Hall–Kier alpha value is -1.92. The Morgan fingerprint density at radius 3 is 0.868 bits per heavy atom. The van der Waals surface area contributed by atoms with E-state index in [4.69, 9.17) is 4.74 Å². The first-order valence-corrected chi connectivity index (χ1v) is 41.8. The van der Waals surface area contributed by atoms with Crippen LogP contribution in [-0.2, 0) is 14.3 Å². The maximum atomic E-state index is 12.6. The molecule has 2 unspecified atom stereocenters. The lowest BCUT2D eigenvalue weighted by atomic mass is 10.0. The second-order valence-corrected chi connectivity index (χ2v) is 28.8. The molecule has 6 heteroatoms. The van der Waals surface area contributed by atoms with Crippen molar-refractivity contribution in [1.29, 1.82) is 0 Å². The maximum Gasteiger partial charge on any atom is 0.305 e. The molecule has 0 saturated heterocycles. The minimum absolute atomic E-state index is 0.00841. The quantitative estimate of drug-likeness (QED) is 0.0320. The van der Waals surface area contributed by atoms with Crippen LogP contribution >= 0.6 is 0 Å². The standard InChI is InChI=1S/C85H163NO5/c1-3-5-7-9-11-13-15-17-19-20-21-22-23-35-38-41-44-47-50-53-57-61-65-69-73-77-83(88)82(81-87)86-84(89)78-74-70-66-62-58-54-51-48-45-42-39-36-33-31-29-27-25-24-26-28-30-32-34-37-40-43-46-49-52-56-60-64-68-72-76-80-91-85(90)79-75-71-67-63-59-55-18-16-14-12-10-8-6-4-2/h10,12,16,18,73,77,82-83,87-88H,3-9,11,13-15,17,19-72,74-76,78-81H2,1-2H3,(H,86,89)/b12-10-,18-16-,77-73+. The molecule has 0 saturated carbocycles. The fraction of sp³-hybridized carbons (Fsp3) is 0.906. The Labute approximate surface area is 570 Å². The highest BCUT2D eigenvalue weighted by molar-refractivity contribution is 5.76. The number of ether oxygens (including phenoxy) is 1. The molecule has 0 spiro atoms. The number of allylic oxidation sites excluding steroid dienone is 5. The third kappa shape index (κ3) is 77.0. The molecule has 538 valence electrons. The second kappa shape index (κ2) is 80.5. The summed E-state index contributed by atoms with van der Waals surface area (Å²) in [5.74, 6) is -0.0488. The minimum Gasteiger partial charge on any atom is -0.466 e. The molecule has 91 heavy (non-hydrogen) atoms. The molecule has 6 nitrogen and oxygen atoms in total. The average molecular weight is 1280 g/mol. The van der Waals surface area contributed by atoms with E-state index in [1.54, 1.807) is 6.08 Å². The summed E-state index contributed by atoms with van der Waals surface area (Å²) < 4.78 is 5.49. The molecule has 3 N–H and O–H groups in total. The fourth-order valence-electron chi connectivity index (χ4n) is 13.3. The zero-order valence-electron chi connectivity index (χ0n) is 61.9. The van der Waals surface area contributed by atoms with E-state index in [-0.39, 0.29) is 18.5 Å². The Bertz CT molecular complexity index is 1470. The highest BCUT2D eigenvalue weighted by Crippen LogP contribution is 2.20. The molecular formula is C85H163NO5. The van der Waals surface area contributed by atoms with Crippen molar-refractivity contribution in [3.63, 3.8) is 0 Å². The summed E-state index contributed by atoms with van der Waals surface area (Å²) in [4.78, 5) is 24.6. The van der Waals surface area contributed by atoms with Crippen LogP contribution in [0, 0.1) is 0 Å². The average Bonchev–Trinajstić information content (AvgIpc) is 3.64. The molecule has 0 aromatic carbocycles. The monoisotopic (exact) mass is 1280 g/mol. The number of carbonyl (C=O) groups is 2. The second-order valence-electron chi connectivity index (χ2n) is 28.8. The zero-order valence-corrected chi connectivity index (χ0v) is 61.9. The summed E-state index contributed by atoms with van der Waals surface area (Å²) >= 11 is 0. The van der Waals surface area contributed by atoms with Gasteiger partial charge in [0.1, 0.15) is 0 Å². The normalized spacial score (nSPS) is 12.6.